The first kappa shape index (κ1) is 27.5. The average molecular weight is 525 g/mol. The number of aryl methyl sites for hydroxylation is 1. The first-order valence-electron chi connectivity index (χ1n) is 13.6. The van der Waals surface area contributed by atoms with Crippen LogP contribution in [0.3, 0.4) is 0 Å². The molecule has 0 aliphatic carbocycles. The molecule has 1 aliphatic heterocycles. The Hall–Kier alpha value is -2.54. The van der Waals surface area contributed by atoms with Crippen molar-refractivity contribution in [1.82, 2.24) is 19.8 Å². The van der Waals surface area contributed by atoms with Gasteiger partial charge in [-0.25, -0.2) is 4.98 Å². The normalized spacial score (nSPS) is 13.8. The lowest BCUT2D eigenvalue weighted by atomic mass is 9.95. The van der Waals surface area contributed by atoms with Gasteiger partial charge >= 0.3 is 0 Å². The largest absolute Gasteiger partial charge is 0.493 e. The molecule has 0 atom stereocenters. The van der Waals surface area contributed by atoms with Crippen LogP contribution in [0.4, 0.5) is 0 Å². The van der Waals surface area contributed by atoms with Crippen molar-refractivity contribution in [2.45, 2.75) is 46.0 Å². The van der Waals surface area contributed by atoms with E-state index >= 15 is 0 Å². The third kappa shape index (κ3) is 7.50. The highest BCUT2D eigenvalue weighted by Gasteiger charge is 2.14. The van der Waals surface area contributed by atoms with Crippen molar-refractivity contribution >= 4 is 11.6 Å². The maximum Gasteiger partial charge on any atom is 0.131 e. The maximum atomic E-state index is 6.22. The van der Waals surface area contributed by atoms with Crippen LogP contribution < -0.4 is 14.8 Å². The molecule has 0 spiro atoms. The molecule has 1 saturated heterocycles. The van der Waals surface area contributed by atoms with E-state index in [9.17, 15) is 0 Å². The van der Waals surface area contributed by atoms with Gasteiger partial charge in [0.1, 0.15) is 16.7 Å². The summed E-state index contributed by atoms with van der Waals surface area (Å²) in [5.41, 5.74) is 5.68. The minimum atomic E-state index is 0.667. The van der Waals surface area contributed by atoms with E-state index in [0.717, 1.165) is 68.3 Å². The van der Waals surface area contributed by atoms with Crippen LogP contribution >= 0.6 is 11.6 Å². The van der Waals surface area contributed by atoms with Crippen LogP contribution in [0.5, 0.6) is 11.5 Å². The van der Waals surface area contributed by atoms with Gasteiger partial charge < -0.3 is 24.3 Å². The average Bonchev–Trinajstić information content (AvgIpc) is 3.53. The van der Waals surface area contributed by atoms with Crippen molar-refractivity contribution < 1.29 is 9.47 Å². The lowest BCUT2D eigenvalue weighted by Gasteiger charge is -2.18. The molecule has 0 amide bonds. The molecule has 0 saturated carbocycles. The first-order chi connectivity index (χ1) is 18.0. The Morgan fingerprint density at radius 2 is 1.51 bits per heavy atom. The molecular weight excluding hydrogens is 484 g/mol. The summed E-state index contributed by atoms with van der Waals surface area (Å²) in [4.78, 5) is 6.87. The van der Waals surface area contributed by atoms with E-state index in [1.807, 2.05) is 11.6 Å². The topological polar surface area (TPSA) is 51.6 Å². The number of aromatic nitrogens is 2. The van der Waals surface area contributed by atoms with Crippen LogP contribution in [0.25, 0.3) is 11.1 Å². The van der Waals surface area contributed by atoms with E-state index in [-0.39, 0.29) is 0 Å². The molecule has 37 heavy (non-hydrogen) atoms. The van der Waals surface area contributed by atoms with E-state index in [4.69, 9.17) is 21.1 Å². The van der Waals surface area contributed by atoms with Gasteiger partial charge in [0.15, 0.2) is 0 Å². The van der Waals surface area contributed by atoms with Crippen molar-refractivity contribution in [1.29, 1.82) is 0 Å². The summed E-state index contributed by atoms with van der Waals surface area (Å²) in [5.74, 6) is 1.91. The molecule has 1 aromatic heterocycles. The second-order valence-electron chi connectivity index (χ2n) is 9.90. The predicted molar refractivity (Wildman–Crippen MR) is 152 cm³/mol. The molecule has 0 bridgehead atoms. The predicted octanol–water partition coefficient (Wildman–Crippen LogP) is 5.82. The van der Waals surface area contributed by atoms with Gasteiger partial charge in [-0.2, -0.15) is 0 Å². The fraction of sp³-hybridized carbons (Fsp3) is 0.500. The molecule has 4 rings (SSSR count). The Labute approximate surface area is 226 Å². The fourth-order valence-electron chi connectivity index (χ4n) is 4.94. The Kier molecular flexibility index (Phi) is 10.3. The van der Waals surface area contributed by atoms with Crippen LogP contribution in [0, 0.1) is 13.8 Å². The Balaban J connectivity index is 1.24. The SMILES string of the molecule is Cc1c(OCCCNCCc2ncn(C)c2Cl)cccc1-c1cccc(OCCCN2CCCC2)c1C. The first-order valence-corrected chi connectivity index (χ1v) is 14.0. The molecule has 7 heteroatoms. The van der Waals surface area contributed by atoms with E-state index in [1.165, 1.54) is 42.6 Å². The van der Waals surface area contributed by atoms with Gasteiger partial charge in [-0.05, 0) is 93.6 Å². The zero-order valence-corrected chi connectivity index (χ0v) is 23.3. The smallest absolute Gasteiger partial charge is 0.131 e. The molecule has 1 aliphatic rings. The minimum Gasteiger partial charge on any atom is -0.493 e. The van der Waals surface area contributed by atoms with Gasteiger partial charge in [-0.3, -0.25) is 0 Å². The van der Waals surface area contributed by atoms with Crippen molar-refractivity contribution in [3.05, 3.63) is 64.7 Å². The van der Waals surface area contributed by atoms with Crippen LogP contribution in [0.1, 0.15) is 42.5 Å². The summed E-state index contributed by atoms with van der Waals surface area (Å²) in [6, 6.07) is 12.7. The van der Waals surface area contributed by atoms with Gasteiger partial charge in [0, 0.05) is 26.6 Å². The summed E-state index contributed by atoms with van der Waals surface area (Å²) in [7, 11) is 1.91. The third-order valence-corrected chi connectivity index (χ3v) is 7.65. The Bertz CT molecular complexity index is 1140. The van der Waals surface area contributed by atoms with Crippen LogP contribution in [0.2, 0.25) is 5.15 Å². The van der Waals surface area contributed by atoms with Gasteiger partial charge in [0.05, 0.1) is 25.2 Å². The molecule has 200 valence electrons. The molecule has 0 radical (unpaired) electrons. The molecular formula is C30H41ClN4O2. The number of rotatable bonds is 14. The third-order valence-electron chi connectivity index (χ3n) is 7.16. The highest BCUT2D eigenvalue weighted by molar-refractivity contribution is 6.30. The number of hydrogen-bond donors (Lipinski definition) is 1. The van der Waals surface area contributed by atoms with Gasteiger partial charge in [0.25, 0.3) is 0 Å². The van der Waals surface area contributed by atoms with E-state index in [1.54, 1.807) is 6.33 Å². The van der Waals surface area contributed by atoms with Gasteiger partial charge in [-0.1, -0.05) is 35.9 Å². The van der Waals surface area contributed by atoms with Crippen LogP contribution in [0.15, 0.2) is 42.7 Å². The van der Waals surface area contributed by atoms with Crippen molar-refractivity contribution in [2.24, 2.45) is 7.05 Å². The number of hydrogen-bond acceptors (Lipinski definition) is 5. The van der Waals surface area contributed by atoms with Gasteiger partial charge in [0.2, 0.25) is 0 Å². The zero-order valence-electron chi connectivity index (χ0n) is 22.6. The fourth-order valence-corrected chi connectivity index (χ4v) is 5.13. The Morgan fingerprint density at radius 1 is 0.892 bits per heavy atom. The van der Waals surface area contributed by atoms with Crippen molar-refractivity contribution in [3.8, 4) is 22.6 Å². The monoisotopic (exact) mass is 524 g/mol. The second-order valence-corrected chi connectivity index (χ2v) is 10.3. The lowest BCUT2D eigenvalue weighted by molar-refractivity contribution is 0.262. The molecule has 6 nitrogen and oxygen atoms in total. The Morgan fingerprint density at radius 3 is 2.11 bits per heavy atom. The van der Waals surface area contributed by atoms with Crippen molar-refractivity contribution in [2.75, 3.05) is 45.9 Å². The van der Waals surface area contributed by atoms with Crippen LogP contribution in [-0.4, -0.2) is 60.4 Å². The summed E-state index contributed by atoms with van der Waals surface area (Å²) < 4.78 is 14.2. The second kappa shape index (κ2) is 13.8. The van der Waals surface area contributed by atoms with Crippen molar-refractivity contribution in [3.63, 3.8) is 0 Å². The zero-order chi connectivity index (χ0) is 26.0. The highest BCUT2D eigenvalue weighted by atomic mass is 35.5. The summed E-state index contributed by atoms with van der Waals surface area (Å²) in [5, 5.41) is 4.17. The molecule has 1 fully saturated rings. The number of likely N-dealkylation sites (tertiary alicyclic amines) is 1. The number of ether oxygens (including phenoxy) is 2. The lowest BCUT2D eigenvalue weighted by Crippen LogP contribution is -2.22. The number of benzene rings is 2. The minimum absolute atomic E-state index is 0.667. The molecule has 1 N–H and O–H groups in total. The molecule has 3 aromatic rings. The molecule has 2 aromatic carbocycles. The molecule has 2 heterocycles. The van der Waals surface area contributed by atoms with Gasteiger partial charge in [-0.15, -0.1) is 0 Å². The van der Waals surface area contributed by atoms with E-state index in [2.05, 4.69) is 65.4 Å². The van der Waals surface area contributed by atoms with E-state index in [0.29, 0.717) is 11.8 Å². The number of nitrogens with zero attached hydrogens (tertiary/aromatic N) is 3. The van der Waals surface area contributed by atoms with E-state index < -0.39 is 0 Å². The quantitative estimate of drug-likeness (QED) is 0.269. The number of halogens is 1. The summed E-state index contributed by atoms with van der Waals surface area (Å²) >= 11 is 6.22. The van der Waals surface area contributed by atoms with Crippen LogP contribution in [-0.2, 0) is 13.5 Å². The molecule has 0 unspecified atom stereocenters. The number of nitrogens with one attached hydrogen (secondary N) is 1. The maximum absolute atomic E-state index is 6.22. The number of imidazole rings is 1. The summed E-state index contributed by atoms with van der Waals surface area (Å²) in [6.07, 6.45) is 7.25. The summed E-state index contributed by atoms with van der Waals surface area (Å²) in [6.45, 7) is 11.1. The highest BCUT2D eigenvalue weighted by Crippen LogP contribution is 2.35. The standard InChI is InChI=1S/C30H41ClN4O2/c1-23-25(26-11-7-13-29(24(26)2)37-21-9-19-35-17-4-5-18-35)10-6-12-28(23)36-20-8-15-32-16-14-27-30(31)34(3)22-33-27/h6-7,10-13,22,32H,4-5,8-9,14-21H2,1-3H3.